The number of likely N-dealkylation sites (N-methyl/N-ethyl adjacent to an activating group) is 1. The van der Waals surface area contributed by atoms with E-state index in [4.69, 9.17) is 5.11 Å². The second-order valence-corrected chi connectivity index (χ2v) is 5.31. The van der Waals surface area contributed by atoms with Crippen molar-refractivity contribution in [3.8, 4) is 0 Å². The third-order valence-electron chi connectivity index (χ3n) is 3.09. The van der Waals surface area contributed by atoms with Gasteiger partial charge in [0.15, 0.2) is 0 Å². The number of hydrogen-bond donors (Lipinski definition) is 1. The van der Waals surface area contributed by atoms with E-state index in [0.717, 1.165) is 24.5 Å². The Hall–Kier alpha value is -0.940. The van der Waals surface area contributed by atoms with Gasteiger partial charge in [-0.1, -0.05) is 0 Å². The highest BCUT2D eigenvalue weighted by Crippen LogP contribution is 2.30. The van der Waals surface area contributed by atoms with Crippen LogP contribution in [0, 0.1) is 0 Å². The van der Waals surface area contributed by atoms with E-state index in [-0.39, 0.29) is 0 Å². The lowest BCUT2D eigenvalue weighted by Gasteiger charge is -2.07. The monoisotopic (exact) mass is 240 g/mol. The van der Waals surface area contributed by atoms with Gasteiger partial charge < -0.3 is 10.0 Å². The number of rotatable bonds is 3. The quantitative estimate of drug-likeness (QED) is 0.874. The van der Waals surface area contributed by atoms with E-state index in [9.17, 15) is 4.79 Å². The first kappa shape index (κ1) is 11.5. The third-order valence-corrected chi connectivity index (χ3v) is 4.12. The second kappa shape index (κ2) is 4.51. The Bertz CT molecular complexity index is 391. The van der Waals surface area contributed by atoms with Gasteiger partial charge >= 0.3 is 5.97 Å². The van der Waals surface area contributed by atoms with Crippen LogP contribution in [0.25, 0.3) is 0 Å². The van der Waals surface area contributed by atoms with Crippen molar-refractivity contribution in [2.75, 3.05) is 20.1 Å². The molecule has 0 amide bonds. The number of carbonyl (C=O) groups is 1. The molecule has 1 aliphatic heterocycles. The van der Waals surface area contributed by atoms with Crippen molar-refractivity contribution in [2.45, 2.75) is 25.2 Å². The molecule has 0 saturated carbocycles. The van der Waals surface area contributed by atoms with Gasteiger partial charge in [-0.15, -0.1) is 11.3 Å². The zero-order valence-corrected chi connectivity index (χ0v) is 10.3. The van der Waals surface area contributed by atoms with Crippen molar-refractivity contribution in [3.63, 3.8) is 0 Å². The van der Waals surface area contributed by atoms with Crippen LogP contribution in [0.2, 0.25) is 0 Å². The molecule has 2 unspecified atom stereocenters. The smallest absolute Gasteiger partial charge is 0.312 e. The van der Waals surface area contributed by atoms with E-state index in [2.05, 4.69) is 16.9 Å². The van der Waals surface area contributed by atoms with Crippen molar-refractivity contribution >= 4 is 17.3 Å². The van der Waals surface area contributed by atoms with Crippen LogP contribution in [-0.2, 0) is 4.79 Å². The number of likely N-dealkylation sites (tertiary alicyclic amines) is 1. The SMILES string of the molecule is CC(C(=O)O)c1csc(C2CCN(C)C2)n1. The van der Waals surface area contributed by atoms with Crippen molar-refractivity contribution in [3.05, 3.63) is 16.1 Å². The summed E-state index contributed by atoms with van der Waals surface area (Å²) in [6.45, 7) is 3.82. The summed E-state index contributed by atoms with van der Waals surface area (Å²) in [5.41, 5.74) is 0.696. The van der Waals surface area contributed by atoms with Gasteiger partial charge in [0.2, 0.25) is 0 Å². The molecule has 1 aromatic rings. The molecule has 2 atom stereocenters. The Kier molecular flexibility index (Phi) is 3.25. The minimum atomic E-state index is -0.805. The molecule has 16 heavy (non-hydrogen) atoms. The van der Waals surface area contributed by atoms with Gasteiger partial charge in [0, 0.05) is 17.8 Å². The van der Waals surface area contributed by atoms with E-state index in [0.29, 0.717) is 11.6 Å². The Morgan fingerprint density at radius 2 is 2.50 bits per heavy atom. The van der Waals surface area contributed by atoms with E-state index in [1.165, 1.54) is 0 Å². The normalized spacial score (nSPS) is 23.5. The fourth-order valence-electron chi connectivity index (χ4n) is 1.95. The Morgan fingerprint density at radius 1 is 1.75 bits per heavy atom. The molecule has 0 aliphatic carbocycles. The number of nitrogens with zero attached hydrogens (tertiary/aromatic N) is 2. The lowest BCUT2D eigenvalue weighted by Crippen LogP contribution is -2.13. The minimum Gasteiger partial charge on any atom is -0.481 e. The first-order chi connectivity index (χ1) is 7.58. The van der Waals surface area contributed by atoms with E-state index < -0.39 is 11.9 Å². The summed E-state index contributed by atoms with van der Waals surface area (Å²) in [5, 5.41) is 11.9. The molecule has 1 fully saturated rings. The number of aromatic nitrogens is 1. The zero-order valence-electron chi connectivity index (χ0n) is 9.51. The molecule has 88 valence electrons. The highest BCUT2D eigenvalue weighted by Gasteiger charge is 2.25. The summed E-state index contributed by atoms with van der Waals surface area (Å²) in [6, 6.07) is 0. The average Bonchev–Trinajstić information content (AvgIpc) is 2.84. The molecule has 1 aromatic heterocycles. The fourth-order valence-corrected chi connectivity index (χ4v) is 2.99. The fraction of sp³-hybridized carbons (Fsp3) is 0.636. The van der Waals surface area contributed by atoms with Gasteiger partial charge in [0.25, 0.3) is 0 Å². The maximum absolute atomic E-state index is 10.8. The molecular weight excluding hydrogens is 224 g/mol. The number of hydrogen-bond acceptors (Lipinski definition) is 4. The number of carboxylic acids is 1. The molecule has 0 aromatic carbocycles. The standard InChI is InChI=1S/C11H16N2O2S/c1-7(11(14)15)9-6-16-10(12-9)8-3-4-13(2)5-8/h6-8H,3-5H2,1-2H3,(H,14,15). The molecule has 1 aliphatic rings. The summed E-state index contributed by atoms with van der Waals surface area (Å²) in [7, 11) is 2.11. The van der Waals surface area contributed by atoms with Crippen LogP contribution >= 0.6 is 11.3 Å². The Labute approximate surface area is 98.9 Å². The molecule has 5 heteroatoms. The largest absolute Gasteiger partial charge is 0.481 e. The summed E-state index contributed by atoms with van der Waals surface area (Å²) < 4.78 is 0. The Balaban J connectivity index is 2.10. The van der Waals surface area contributed by atoms with Crippen LogP contribution in [0.3, 0.4) is 0 Å². The van der Waals surface area contributed by atoms with Crippen LogP contribution in [-0.4, -0.2) is 41.1 Å². The van der Waals surface area contributed by atoms with Crippen molar-refractivity contribution in [2.24, 2.45) is 0 Å². The van der Waals surface area contributed by atoms with Crippen molar-refractivity contribution in [1.29, 1.82) is 0 Å². The average molecular weight is 240 g/mol. The first-order valence-corrected chi connectivity index (χ1v) is 6.32. The second-order valence-electron chi connectivity index (χ2n) is 4.42. The first-order valence-electron chi connectivity index (χ1n) is 5.44. The molecule has 4 nitrogen and oxygen atoms in total. The van der Waals surface area contributed by atoms with Gasteiger partial charge in [0.05, 0.1) is 16.6 Å². The molecule has 1 saturated heterocycles. The summed E-state index contributed by atoms with van der Waals surface area (Å²) in [6.07, 6.45) is 1.13. The number of thiazole rings is 1. The maximum atomic E-state index is 10.8. The zero-order chi connectivity index (χ0) is 11.7. The van der Waals surface area contributed by atoms with Crippen LogP contribution in [0.4, 0.5) is 0 Å². The lowest BCUT2D eigenvalue weighted by molar-refractivity contribution is -0.138. The van der Waals surface area contributed by atoms with Crippen LogP contribution < -0.4 is 0 Å². The van der Waals surface area contributed by atoms with Gasteiger partial charge in [-0.05, 0) is 26.9 Å². The van der Waals surface area contributed by atoms with Crippen LogP contribution in [0.5, 0.6) is 0 Å². The highest BCUT2D eigenvalue weighted by atomic mass is 32.1. The van der Waals surface area contributed by atoms with Gasteiger partial charge in [-0.2, -0.15) is 0 Å². The van der Waals surface area contributed by atoms with Crippen molar-refractivity contribution in [1.82, 2.24) is 9.88 Å². The Morgan fingerprint density at radius 3 is 3.06 bits per heavy atom. The van der Waals surface area contributed by atoms with E-state index in [1.807, 2.05) is 5.38 Å². The van der Waals surface area contributed by atoms with E-state index in [1.54, 1.807) is 18.3 Å². The van der Waals surface area contributed by atoms with E-state index >= 15 is 0 Å². The molecule has 0 bridgehead atoms. The molecule has 2 heterocycles. The minimum absolute atomic E-state index is 0.491. The van der Waals surface area contributed by atoms with Crippen molar-refractivity contribution < 1.29 is 9.90 Å². The summed E-state index contributed by atoms with van der Waals surface area (Å²) in [4.78, 5) is 17.6. The van der Waals surface area contributed by atoms with Crippen LogP contribution in [0.15, 0.2) is 5.38 Å². The molecular formula is C11H16N2O2S. The molecule has 0 radical (unpaired) electrons. The predicted octanol–water partition coefficient (Wildman–Crippen LogP) is 1.75. The maximum Gasteiger partial charge on any atom is 0.312 e. The number of carboxylic acid groups (broad SMARTS) is 1. The molecule has 2 rings (SSSR count). The van der Waals surface area contributed by atoms with Gasteiger partial charge in [-0.25, -0.2) is 4.98 Å². The van der Waals surface area contributed by atoms with Gasteiger partial charge in [-0.3, -0.25) is 4.79 Å². The van der Waals surface area contributed by atoms with Gasteiger partial charge in [0.1, 0.15) is 0 Å². The molecule has 1 N–H and O–H groups in total. The highest BCUT2D eigenvalue weighted by molar-refractivity contribution is 7.09. The topological polar surface area (TPSA) is 53.4 Å². The predicted molar refractivity (Wildman–Crippen MR) is 63.0 cm³/mol. The summed E-state index contributed by atoms with van der Waals surface area (Å²) in [5.74, 6) is -0.811. The van der Waals surface area contributed by atoms with Crippen LogP contribution in [0.1, 0.15) is 35.9 Å². The number of aliphatic carboxylic acids is 1. The lowest BCUT2D eigenvalue weighted by atomic mass is 10.1. The molecule has 0 spiro atoms. The summed E-state index contributed by atoms with van der Waals surface area (Å²) >= 11 is 1.59. The third kappa shape index (κ3) is 2.25.